The molecule has 0 spiro atoms. The van der Waals surface area contributed by atoms with Gasteiger partial charge in [0.05, 0.1) is 6.54 Å². The van der Waals surface area contributed by atoms with Gasteiger partial charge in [0.2, 0.25) is 11.8 Å². The fourth-order valence-corrected chi connectivity index (χ4v) is 5.42. The van der Waals surface area contributed by atoms with Crippen LogP contribution in [0.3, 0.4) is 0 Å². The van der Waals surface area contributed by atoms with E-state index in [1.54, 1.807) is 9.80 Å². The maximum atomic E-state index is 13.5. The second kappa shape index (κ2) is 8.84. The molecule has 0 aromatic heterocycles. The van der Waals surface area contributed by atoms with E-state index in [0.29, 0.717) is 18.0 Å². The van der Waals surface area contributed by atoms with Gasteiger partial charge in [-0.2, -0.15) is 0 Å². The van der Waals surface area contributed by atoms with E-state index in [2.05, 4.69) is 0 Å². The highest BCUT2D eigenvalue weighted by atomic mass is 35.5. The first-order valence-electron chi connectivity index (χ1n) is 10.8. The van der Waals surface area contributed by atoms with Crippen LogP contribution in [0.1, 0.15) is 44.1 Å². The van der Waals surface area contributed by atoms with Crippen LogP contribution in [-0.2, 0) is 16.0 Å². The Morgan fingerprint density at radius 2 is 1.87 bits per heavy atom. The van der Waals surface area contributed by atoms with Gasteiger partial charge < -0.3 is 14.9 Å². The van der Waals surface area contributed by atoms with Crippen molar-refractivity contribution in [1.82, 2.24) is 14.7 Å². The number of amides is 3. The number of fused-ring (bicyclic) bond motifs is 1. The number of hydrogen-bond acceptors (Lipinski definition) is 3. The molecule has 30 heavy (non-hydrogen) atoms. The lowest BCUT2D eigenvalue weighted by atomic mass is 9.81. The monoisotopic (exact) mass is 433 g/mol. The Hall–Kier alpha value is -2.28. The average Bonchev–Trinajstić information content (AvgIpc) is 2.74. The largest absolute Gasteiger partial charge is 0.465 e. The van der Waals surface area contributed by atoms with Crippen molar-refractivity contribution in [3.8, 4) is 0 Å². The molecule has 2 atom stereocenters. The number of carbonyl (C=O) groups excluding carboxylic acids is 2. The van der Waals surface area contributed by atoms with Crippen LogP contribution < -0.4 is 0 Å². The zero-order chi connectivity index (χ0) is 21.3. The number of hydrogen-bond donors (Lipinski definition) is 1. The molecule has 0 unspecified atom stereocenters. The predicted molar refractivity (Wildman–Crippen MR) is 112 cm³/mol. The van der Waals surface area contributed by atoms with E-state index in [1.165, 1.54) is 4.90 Å². The Balaban J connectivity index is 1.61. The molecule has 2 heterocycles. The summed E-state index contributed by atoms with van der Waals surface area (Å²) in [4.78, 5) is 42.9. The lowest BCUT2D eigenvalue weighted by Gasteiger charge is -2.53. The number of nitrogens with zero attached hydrogens (tertiary/aromatic N) is 3. The maximum Gasteiger partial charge on any atom is 0.409 e. The van der Waals surface area contributed by atoms with Crippen molar-refractivity contribution in [2.45, 2.75) is 57.2 Å². The third kappa shape index (κ3) is 4.00. The van der Waals surface area contributed by atoms with Gasteiger partial charge in [-0.15, -0.1) is 0 Å². The van der Waals surface area contributed by atoms with Gasteiger partial charge >= 0.3 is 6.09 Å². The Kier molecular flexibility index (Phi) is 6.18. The van der Waals surface area contributed by atoms with Crippen LogP contribution >= 0.6 is 11.6 Å². The smallest absolute Gasteiger partial charge is 0.409 e. The summed E-state index contributed by atoms with van der Waals surface area (Å²) in [5.41, 5.74) is 0.957. The predicted octanol–water partition coefficient (Wildman–Crippen LogP) is 3.21. The van der Waals surface area contributed by atoms with Crippen molar-refractivity contribution in [1.29, 1.82) is 0 Å². The van der Waals surface area contributed by atoms with Crippen LogP contribution in [0.25, 0.3) is 0 Å². The minimum atomic E-state index is -1.04. The third-order valence-electron chi connectivity index (χ3n) is 6.73. The molecule has 1 saturated carbocycles. The molecule has 1 aromatic rings. The highest BCUT2D eigenvalue weighted by molar-refractivity contribution is 6.31. The molecule has 3 aliphatic rings. The molecular weight excluding hydrogens is 406 g/mol. The highest BCUT2D eigenvalue weighted by Gasteiger charge is 2.51. The molecule has 1 aromatic carbocycles. The molecule has 0 radical (unpaired) electrons. The number of halogens is 1. The Morgan fingerprint density at radius 3 is 2.57 bits per heavy atom. The number of carbonyl (C=O) groups is 3. The fraction of sp³-hybridized carbons (Fsp3) is 0.591. The summed E-state index contributed by atoms with van der Waals surface area (Å²) in [5.74, 6) is -0.0625. The van der Waals surface area contributed by atoms with Gasteiger partial charge in [0.15, 0.2) is 0 Å². The molecule has 1 aliphatic carbocycles. The molecule has 2 saturated heterocycles. The van der Waals surface area contributed by atoms with Gasteiger partial charge in [0.1, 0.15) is 12.2 Å². The van der Waals surface area contributed by atoms with Crippen LogP contribution in [0.5, 0.6) is 0 Å². The lowest BCUT2D eigenvalue weighted by molar-refractivity contribution is -0.171. The van der Waals surface area contributed by atoms with Crippen molar-refractivity contribution in [2.24, 2.45) is 5.92 Å². The van der Waals surface area contributed by atoms with Crippen molar-refractivity contribution in [3.05, 3.63) is 34.9 Å². The first kappa shape index (κ1) is 21.0. The second-order valence-corrected chi connectivity index (χ2v) is 8.88. The Labute approximate surface area is 181 Å². The molecule has 3 amide bonds. The summed E-state index contributed by atoms with van der Waals surface area (Å²) < 4.78 is 0. The maximum absolute atomic E-state index is 13.5. The van der Waals surface area contributed by atoms with Crippen LogP contribution in [0, 0.1) is 5.92 Å². The van der Waals surface area contributed by atoms with E-state index >= 15 is 0 Å². The number of rotatable bonds is 4. The molecule has 0 bridgehead atoms. The normalized spacial score (nSPS) is 25.4. The summed E-state index contributed by atoms with van der Waals surface area (Å²) in [5, 5.41) is 10.4. The zero-order valence-corrected chi connectivity index (χ0v) is 17.8. The SMILES string of the molecule is O=C1[C@H](C2CCCCC2)N2C(=O)CCN(C(=O)O)[C@H]2CN1CCc1ccccc1Cl. The summed E-state index contributed by atoms with van der Waals surface area (Å²) >= 11 is 6.28. The second-order valence-electron chi connectivity index (χ2n) is 8.48. The van der Waals surface area contributed by atoms with Gasteiger partial charge in [0.25, 0.3) is 0 Å². The van der Waals surface area contributed by atoms with Crippen molar-refractivity contribution in [2.75, 3.05) is 19.6 Å². The van der Waals surface area contributed by atoms with Gasteiger partial charge in [-0.05, 0) is 36.8 Å². The van der Waals surface area contributed by atoms with Crippen molar-refractivity contribution < 1.29 is 19.5 Å². The summed E-state index contributed by atoms with van der Waals surface area (Å²) in [6, 6.07) is 6.98. The lowest BCUT2D eigenvalue weighted by Crippen LogP contribution is -2.72. The van der Waals surface area contributed by atoms with Crippen molar-refractivity contribution in [3.63, 3.8) is 0 Å². The molecule has 8 heteroatoms. The number of piperazine rings is 1. The van der Waals surface area contributed by atoms with Crippen LogP contribution in [-0.4, -0.2) is 69.6 Å². The molecule has 4 rings (SSSR count). The van der Waals surface area contributed by atoms with E-state index in [4.69, 9.17) is 11.6 Å². The van der Waals surface area contributed by atoms with E-state index in [0.717, 1.165) is 37.7 Å². The third-order valence-corrected chi connectivity index (χ3v) is 7.10. The quantitative estimate of drug-likeness (QED) is 0.790. The standard InChI is InChI=1S/C22H28ClN3O4/c23-17-9-5-4-6-15(17)10-12-24-14-18-25(22(29)30)13-11-19(27)26(18)20(21(24)28)16-7-2-1-3-8-16/h4-6,9,16,18,20H,1-3,7-8,10-14H2,(H,29,30)/t18-,20+/m1/s1. The Bertz CT molecular complexity index is 826. The van der Waals surface area contributed by atoms with E-state index in [9.17, 15) is 19.5 Å². The van der Waals surface area contributed by atoms with Crippen LogP contribution in [0.2, 0.25) is 5.02 Å². The average molecular weight is 434 g/mol. The highest BCUT2D eigenvalue weighted by Crippen LogP contribution is 2.36. The van der Waals surface area contributed by atoms with E-state index < -0.39 is 18.3 Å². The minimum absolute atomic E-state index is 0.0502. The van der Waals surface area contributed by atoms with Gasteiger partial charge in [-0.3, -0.25) is 14.5 Å². The number of benzene rings is 1. The topological polar surface area (TPSA) is 81.2 Å². The fourth-order valence-electron chi connectivity index (χ4n) is 5.19. The summed E-state index contributed by atoms with van der Waals surface area (Å²) in [6.07, 6.45) is 4.12. The molecule has 3 fully saturated rings. The van der Waals surface area contributed by atoms with Gasteiger partial charge in [-0.25, -0.2) is 4.79 Å². The minimum Gasteiger partial charge on any atom is -0.465 e. The van der Waals surface area contributed by atoms with Gasteiger partial charge in [-0.1, -0.05) is 49.1 Å². The number of carboxylic acid groups (broad SMARTS) is 1. The Morgan fingerprint density at radius 1 is 1.13 bits per heavy atom. The molecular formula is C22H28ClN3O4. The van der Waals surface area contributed by atoms with E-state index in [1.807, 2.05) is 24.3 Å². The zero-order valence-electron chi connectivity index (χ0n) is 17.0. The van der Waals surface area contributed by atoms with Gasteiger partial charge in [0, 0.05) is 24.5 Å². The van der Waals surface area contributed by atoms with Crippen LogP contribution in [0.4, 0.5) is 4.79 Å². The van der Waals surface area contributed by atoms with Crippen LogP contribution in [0.15, 0.2) is 24.3 Å². The van der Waals surface area contributed by atoms with Crippen molar-refractivity contribution >= 4 is 29.5 Å². The first-order chi connectivity index (χ1) is 14.5. The molecule has 7 nitrogen and oxygen atoms in total. The first-order valence-corrected chi connectivity index (χ1v) is 11.2. The molecule has 1 N–H and O–H groups in total. The molecule has 2 aliphatic heterocycles. The van der Waals surface area contributed by atoms with E-state index in [-0.39, 0.29) is 37.2 Å². The molecule has 162 valence electrons. The summed E-state index contributed by atoms with van der Waals surface area (Å²) in [6.45, 7) is 0.849. The summed E-state index contributed by atoms with van der Waals surface area (Å²) in [7, 11) is 0.